The lowest BCUT2D eigenvalue weighted by molar-refractivity contribution is 0.105. The average molecular weight is 301 g/mol. The van der Waals surface area contributed by atoms with Crippen LogP contribution in [-0.4, -0.2) is 29.5 Å². The predicted molar refractivity (Wildman–Crippen MR) is 91.8 cm³/mol. The second kappa shape index (κ2) is 6.68. The predicted octanol–water partition coefficient (Wildman–Crippen LogP) is 1.90. The van der Waals surface area contributed by atoms with Crippen molar-refractivity contribution in [2.45, 2.75) is 20.0 Å². The van der Waals surface area contributed by atoms with E-state index in [2.05, 4.69) is 11.4 Å². The van der Waals surface area contributed by atoms with E-state index in [9.17, 15) is 5.11 Å². The highest BCUT2D eigenvalue weighted by Gasteiger charge is 2.12. The molecule has 0 heterocycles. The zero-order chi connectivity index (χ0) is 16.3. The van der Waals surface area contributed by atoms with E-state index in [1.807, 2.05) is 32.0 Å². The largest absolute Gasteiger partial charge is 0.399 e. The van der Waals surface area contributed by atoms with Gasteiger partial charge in [-0.1, -0.05) is 6.07 Å². The molecule has 5 heteroatoms. The van der Waals surface area contributed by atoms with E-state index >= 15 is 0 Å². The first-order valence-corrected chi connectivity index (χ1v) is 7.21. The van der Waals surface area contributed by atoms with Gasteiger partial charge in [0.2, 0.25) is 0 Å². The van der Waals surface area contributed by atoms with Crippen LogP contribution in [0.5, 0.6) is 0 Å². The molecule has 0 amide bonds. The number of nitrogens with two attached hydrogens (primary N) is 2. The molecule has 2 aromatic carbocycles. The number of anilines is 3. The molecule has 7 N–H and O–H groups in total. The molecule has 0 aliphatic carbocycles. The third-order valence-electron chi connectivity index (χ3n) is 3.66. The summed E-state index contributed by atoms with van der Waals surface area (Å²) in [6, 6.07) is 9.55. The van der Waals surface area contributed by atoms with Gasteiger partial charge in [-0.05, 0) is 54.8 Å². The standard InChI is InChI=1S/C17H23N3O2/c1-10-5-14(11(2)16(19)6-10)15-7-12(18)3-4-17(15)20-8-13(22)9-21/h3-7,13,20-22H,8-9,18-19H2,1-2H3. The van der Waals surface area contributed by atoms with Crippen LogP contribution in [0.4, 0.5) is 17.1 Å². The molecule has 2 rings (SSSR count). The van der Waals surface area contributed by atoms with E-state index in [0.717, 1.165) is 33.6 Å². The number of nitrogen functional groups attached to an aromatic ring is 2. The van der Waals surface area contributed by atoms with E-state index in [0.29, 0.717) is 5.69 Å². The van der Waals surface area contributed by atoms with Crippen molar-refractivity contribution in [2.24, 2.45) is 0 Å². The molecule has 0 saturated heterocycles. The van der Waals surface area contributed by atoms with Crippen molar-refractivity contribution in [1.29, 1.82) is 0 Å². The molecule has 0 radical (unpaired) electrons. The molecular weight excluding hydrogens is 278 g/mol. The number of hydrogen-bond donors (Lipinski definition) is 5. The van der Waals surface area contributed by atoms with Crippen molar-refractivity contribution in [3.63, 3.8) is 0 Å². The van der Waals surface area contributed by atoms with Crippen LogP contribution in [0.1, 0.15) is 11.1 Å². The number of nitrogens with one attached hydrogen (secondary N) is 1. The maximum atomic E-state index is 9.52. The van der Waals surface area contributed by atoms with Crippen molar-refractivity contribution in [2.75, 3.05) is 29.9 Å². The summed E-state index contributed by atoms with van der Waals surface area (Å²) in [4.78, 5) is 0. The minimum atomic E-state index is -0.811. The summed E-state index contributed by atoms with van der Waals surface area (Å²) >= 11 is 0. The van der Waals surface area contributed by atoms with E-state index < -0.39 is 6.10 Å². The van der Waals surface area contributed by atoms with Crippen molar-refractivity contribution in [1.82, 2.24) is 0 Å². The molecule has 0 aliphatic heterocycles. The fourth-order valence-electron chi connectivity index (χ4n) is 2.40. The quantitative estimate of drug-likeness (QED) is 0.543. The molecule has 22 heavy (non-hydrogen) atoms. The first-order chi connectivity index (χ1) is 10.4. The fraction of sp³-hybridized carbons (Fsp3) is 0.294. The van der Waals surface area contributed by atoms with Gasteiger partial charge in [-0.25, -0.2) is 0 Å². The molecule has 0 aliphatic rings. The van der Waals surface area contributed by atoms with Crippen LogP contribution in [0.2, 0.25) is 0 Å². The zero-order valence-electron chi connectivity index (χ0n) is 12.9. The van der Waals surface area contributed by atoms with Crippen LogP contribution in [0, 0.1) is 13.8 Å². The lowest BCUT2D eigenvalue weighted by Gasteiger charge is -2.18. The summed E-state index contributed by atoms with van der Waals surface area (Å²) in [5.41, 5.74) is 18.2. The number of aryl methyl sites for hydroxylation is 1. The molecule has 5 nitrogen and oxygen atoms in total. The third-order valence-corrected chi connectivity index (χ3v) is 3.66. The summed E-state index contributed by atoms with van der Waals surface area (Å²) in [5, 5.41) is 21.6. The third kappa shape index (κ3) is 3.50. The van der Waals surface area contributed by atoms with Gasteiger partial charge in [0.25, 0.3) is 0 Å². The summed E-state index contributed by atoms with van der Waals surface area (Å²) in [6.07, 6.45) is -0.811. The Morgan fingerprint density at radius 1 is 1.09 bits per heavy atom. The smallest absolute Gasteiger partial charge is 0.0942 e. The number of aliphatic hydroxyl groups excluding tert-OH is 2. The Bertz CT molecular complexity index is 671. The summed E-state index contributed by atoms with van der Waals surface area (Å²) in [6.45, 7) is 3.94. The second-order valence-corrected chi connectivity index (χ2v) is 5.55. The van der Waals surface area contributed by atoms with Crippen LogP contribution >= 0.6 is 0 Å². The normalized spacial score (nSPS) is 12.2. The molecule has 1 unspecified atom stereocenters. The zero-order valence-corrected chi connectivity index (χ0v) is 12.9. The minimum absolute atomic E-state index is 0.258. The lowest BCUT2D eigenvalue weighted by Crippen LogP contribution is -2.23. The van der Waals surface area contributed by atoms with Gasteiger partial charge in [0, 0.05) is 29.2 Å². The number of rotatable bonds is 5. The highest BCUT2D eigenvalue weighted by Crippen LogP contribution is 2.35. The van der Waals surface area contributed by atoms with Crippen molar-refractivity contribution < 1.29 is 10.2 Å². The maximum Gasteiger partial charge on any atom is 0.0942 e. The van der Waals surface area contributed by atoms with Crippen LogP contribution in [0.25, 0.3) is 11.1 Å². The Balaban J connectivity index is 2.48. The Morgan fingerprint density at radius 3 is 2.50 bits per heavy atom. The number of benzene rings is 2. The van der Waals surface area contributed by atoms with Crippen molar-refractivity contribution in [3.8, 4) is 11.1 Å². The van der Waals surface area contributed by atoms with Crippen molar-refractivity contribution in [3.05, 3.63) is 41.5 Å². The first-order valence-electron chi connectivity index (χ1n) is 7.21. The summed E-state index contributed by atoms with van der Waals surface area (Å²) < 4.78 is 0. The highest BCUT2D eigenvalue weighted by atomic mass is 16.3. The van der Waals surface area contributed by atoms with Gasteiger partial charge in [0.15, 0.2) is 0 Å². The monoisotopic (exact) mass is 301 g/mol. The number of hydrogen-bond acceptors (Lipinski definition) is 5. The lowest BCUT2D eigenvalue weighted by atomic mass is 9.95. The average Bonchev–Trinajstić information content (AvgIpc) is 2.49. The van der Waals surface area contributed by atoms with Crippen LogP contribution < -0.4 is 16.8 Å². The molecule has 2 aromatic rings. The van der Waals surface area contributed by atoms with Gasteiger partial charge >= 0.3 is 0 Å². The molecule has 1 atom stereocenters. The molecule has 0 spiro atoms. The molecular formula is C17H23N3O2. The van der Waals surface area contributed by atoms with Gasteiger partial charge < -0.3 is 27.0 Å². The van der Waals surface area contributed by atoms with Crippen LogP contribution in [0.3, 0.4) is 0 Å². The van der Waals surface area contributed by atoms with Crippen LogP contribution in [0.15, 0.2) is 30.3 Å². The van der Waals surface area contributed by atoms with Gasteiger partial charge in [-0.15, -0.1) is 0 Å². The molecule has 0 aromatic heterocycles. The Morgan fingerprint density at radius 2 is 1.82 bits per heavy atom. The van der Waals surface area contributed by atoms with E-state index in [4.69, 9.17) is 16.6 Å². The fourth-order valence-corrected chi connectivity index (χ4v) is 2.40. The Labute approximate surface area is 130 Å². The van der Waals surface area contributed by atoms with Gasteiger partial charge in [0.1, 0.15) is 0 Å². The van der Waals surface area contributed by atoms with Crippen LogP contribution in [-0.2, 0) is 0 Å². The van der Waals surface area contributed by atoms with Crippen molar-refractivity contribution >= 4 is 17.1 Å². The molecule has 0 fully saturated rings. The Kier molecular flexibility index (Phi) is 4.90. The molecule has 0 saturated carbocycles. The second-order valence-electron chi connectivity index (χ2n) is 5.55. The summed E-state index contributed by atoms with van der Waals surface area (Å²) in [7, 11) is 0. The summed E-state index contributed by atoms with van der Waals surface area (Å²) in [5.74, 6) is 0. The van der Waals surface area contributed by atoms with E-state index in [1.54, 1.807) is 6.07 Å². The maximum absolute atomic E-state index is 9.52. The van der Waals surface area contributed by atoms with E-state index in [1.165, 1.54) is 0 Å². The van der Waals surface area contributed by atoms with E-state index in [-0.39, 0.29) is 13.2 Å². The molecule has 0 bridgehead atoms. The van der Waals surface area contributed by atoms with Gasteiger partial charge in [-0.3, -0.25) is 0 Å². The Hall–Kier alpha value is -2.24. The topological polar surface area (TPSA) is 105 Å². The van der Waals surface area contributed by atoms with Gasteiger partial charge in [0.05, 0.1) is 12.7 Å². The molecule has 118 valence electrons. The minimum Gasteiger partial charge on any atom is -0.399 e. The number of aliphatic hydroxyl groups is 2. The highest BCUT2D eigenvalue weighted by molar-refractivity contribution is 5.85. The first kappa shape index (κ1) is 16.1. The SMILES string of the molecule is Cc1cc(N)c(C)c(-c2cc(N)ccc2NCC(O)CO)c1. The van der Waals surface area contributed by atoms with Gasteiger partial charge in [-0.2, -0.15) is 0 Å².